The van der Waals surface area contributed by atoms with Crippen molar-refractivity contribution in [3.05, 3.63) is 23.8 Å². The minimum Gasteiger partial charge on any atom is -0.496 e. The molecule has 0 atom stereocenters. The number of benzene rings is 1. The monoisotopic (exact) mass is 305 g/mol. The number of methoxy groups -OCH3 is 1. The van der Waals surface area contributed by atoms with Gasteiger partial charge in [0.05, 0.1) is 13.2 Å². The number of hydrogen-bond donors (Lipinski definition) is 1. The maximum absolute atomic E-state index is 5.85. The summed E-state index contributed by atoms with van der Waals surface area (Å²) < 4.78 is 7.34. The first-order valence-electron chi connectivity index (χ1n) is 7.11. The normalized spacial score (nSPS) is 15.5. The van der Waals surface area contributed by atoms with Crippen LogP contribution >= 0.6 is 11.8 Å². The molecular weight excluding hydrogens is 286 g/mol. The van der Waals surface area contributed by atoms with Gasteiger partial charge in [0, 0.05) is 17.0 Å². The fourth-order valence-electron chi connectivity index (χ4n) is 2.71. The van der Waals surface area contributed by atoms with Crippen molar-refractivity contribution >= 4 is 17.4 Å². The maximum Gasteiger partial charge on any atom is 0.209 e. The van der Waals surface area contributed by atoms with Gasteiger partial charge in [-0.1, -0.05) is 24.6 Å². The highest BCUT2D eigenvalue weighted by molar-refractivity contribution is 7.98. The molecule has 0 amide bonds. The standard InChI is InChI=1S/C14H19N5OS/c1-20-13-7-6-11(15)8-10(13)9-21-14-16-17-18-19(14)12-4-2-3-5-12/h6-8,12H,2-5,9,15H2,1H3. The summed E-state index contributed by atoms with van der Waals surface area (Å²) in [4.78, 5) is 0. The van der Waals surface area contributed by atoms with Crippen molar-refractivity contribution in [3.8, 4) is 5.75 Å². The van der Waals surface area contributed by atoms with Crippen LogP contribution in [-0.4, -0.2) is 27.3 Å². The first-order chi connectivity index (χ1) is 10.3. The van der Waals surface area contributed by atoms with Gasteiger partial charge in [0.1, 0.15) is 5.75 Å². The van der Waals surface area contributed by atoms with Crippen LogP contribution in [0.15, 0.2) is 23.4 Å². The van der Waals surface area contributed by atoms with E-state index in [0.717, 1.165) is 27.9 Å². The Labute approximate surface area is 128 Å². The first kappa shape index (κ1) is 14.2. The Morgan fingerprint density at radius 3 is 2.95 bits per heavy atom. The minimum atomic E-state index is 0.449. The molecule has 6 nitrogen and oxygen atoms in total. The largest absolute Gasteiger partial charge is 0.496 e. The summed E-state index contributed by atoms with van der Waals surface area (Å²) in [6, 6.07) is 6.13. The molecule has 1 saturated carbocycles. The number of nitrogens with zero attached hydrogens (tertiary/aromatic N) is 4. The molecule has 7 heteroatoms. The molecule has 0 unspecified atom stereocenters. The molecule has 2 aromatic rings. The SMILES string of the molecule is COc1ccc(N)cc1CSc1nnnn1C1CCCC1. The van der Waals surface area contributed by atoms with Gasteiger partial charge in [-0.2, -0.15) is 0 Å². The van der Waals surface area contributed by atoms with Gasteiger partial charge in [-0.15, -0.1) is 5.10 Å². The molecule has 1 aromatic heterocycles. The van der Waals surface area contributed by atoms with Crippen LogP contribution in [-0.2, 0) is 5.75 Å². The third-order valence-electron chi connectivity index (χ3n) is 3.79. The second kappa shape index (κ2) is 6.34. The Hall–Kier alpha value is -1.76. The Kier molecular flexibility index (Phi) is 4.28. The van der Waals surface area contributed by atoms with Crippen LogP contribution in [0, 0.1) is 0 Å². The van der Waals surface area contributed by atoms with Crippen molar-refractivity contribution in [2.75, 3.05) is 12.8 Å². The third-order valence-corrected chi connectivity index (χ3v) is 4.78. The van der Waals surface area contributed by atoms with Gasteiger partial charge < -0.3 is 10.5 Å². The number of thioether (sulfide) groups is 1. The van der Waals surface area contributed by atoms with Crippen LogP contribution in [0.1, 0.15) is 37.3 Å². The molecule has 112 valence electrons. The lowest BCUT2D eigenvalue weighted by Crippen LogP contribution is -2.08. The predicted octanol–water partition coefficient (Wildman–Crippen LogP) is 2.67. The fourth-order valence-corrected chi connectivity index (χ4v) is 3.63. The van der Waals surface area contributed by atoms with Crippen molar-refractivity contribution < 1.29 is 4.74 Å². The highest BCUT2D eigenvalue weighted by Gasteiger charge is 2.21. The summed E-state index contributed by atoms with van der Waals surface area (Å²) in [5, 5.41) is 13.0. The Balaban J connectivity index is 1.73. The fraction of sp³-hybridized carbons (Fsp3) is 0.500. The van der Waals surface area contributed by atoms with Gasteiger partial charge in [-0.25, -0.2) is 4.68 Å². The summed E-state index contributed by atoms with van der Waals surface area (Å²) in [7, 11) is 1.67. The van der Waals surface area contributed by atoms with Crippen molar-refractivity contribution in [3.63, 3.8) is 0 Å². The quantitative estimate of drug-likeness (QED) is 0.676. The van der Waals surface area contributed by atoms with E-state index >= 15 is 0 Å². The predicted molar refractivity (Wildman–Crippen MR) is 82.3 cm³/mol. The molecule has 0 radical (unpaired) electrons. The van der Waals surface area contributed by atoms with Gasteiger partial charge >= 0.3 is 0 Å². The summed E-state index contributed by atoms with van der Waals surface area (Å²) in [6.07, 6.45) is 4.86. The molecular formula is C14H19N5OS. The molecule has 1 heterocycles. The van der Waals surface area contributed by atoms with E-state index in [1.165, 1.54) is 25.7 Å². The van der Waals surface area contributed by atoms with Gasteiger partial charge in [0.25, 0.3) is 0 Å². The van der Waals surface area contributed by atoms with E-state index in [2.05, 4.69) is 15.5 Å². The van der Waals surface area contributed by atoms with E-state index in [9.17, 15) is 0 Å². The molecule has 0 aliphatic heterocycles. The Morgan fingerprint density at radius 2 is 2.19 bits per heavy atom. The highest BCUT2D eigenvalue weighted by Crippen LogP contribution is 2.33. The topological polar surface area (TPSA) is 78.8 Å². The average molecular weight is 305 g/mol. The molecule has 1 aliphatic rings. The molecule has 0 spiro atoms. The average Bonchev–Trinajstić information content (AvgIpc) is 3.16. The molecule has 0 saturated heterocycles. The number of hydrogen-bond acceptors (Lipinski definition) is 6. The molecule has 2 N–H and O–H groups in total. The first-order valence-corrected chi connectivity index (χ1v) is 8.09. The van der Waals surface area contributed by atoms with E-state index < -0.39 is 0 Å². The van der Waals surface area contributed by atoms with E-state index in [-0.39, 0.29) is 0 Å². The van der Waals surface area contributed by atoms with E-state index in [0.29, 0.717) is 6.04 Å². The van der Waals surface area contributed by atoms with Crippen molar-refractivity contribution in [2.24, 2.45) is 0 Å². The third kappa shape index (κ3) is 3.12. The van der Waals surface area contributed by atoms with Crippen molar-refractivity contribution in [1.29, 1.82) is 0 Å². The maximum atomic E-state index is 5.85. The zero-order valence-corrected chi connectivity index (χ0v) is 12.8. The lowest BCUT2D eigenvalue weighted by molar-refractivity contribution is 0.411. The number of tetrazole rings is 1. The second-order valence-corrected chi connectivity index (χ2v) is 6.15. The molecule has 3 rings (SSSR count). The number of ether oxygens (including phenoxy) is 1. The number of anilines is 1. The summed E-state index contributed by atoms with van der Waals surface area (Å²) >= 11 is 1.62. The summed E-state index contributed by atoms with van der Waals surface area (Å²) in [6.45, 7) is 0. The van der Waals surface area contributed by atoms with E-state index in [4.69, 9.17) is 10.5 Å². The van der Waals surface area contributed by atoms with Gasteiger partial charge in [0.15, 0.2) is 0 Å². The van der Waals surface area contributed by atoms with Crippen LogP contribution in [0.25, 0.3) is 0 Å². The summed E-state index contributed by atoms with van der Waals surface area (Å²) in [5.41, 5.74) is 7.65. The highest BCUT2D eigenvalue weighted by atomic mass is 32.2. The lowest BCUT2D eigenvalue weighted by atomic mass is 10.2. The van der Waals surface area contributed by atoms with E-state index in [1.807, 2.05) is 22.9 Å². The van der Waals surface area contributed by atoms with Crippen molar-refractivity contribution in [2.45, 2.75) is 42.6 Å². The molecule has 0 bridgehead atoms. The Bertz CT molecular complexity index is 609. The van der Waals surface area contributed by atoms with Gasteiger partial charge in [0.2, 0.25) is 5.16 Å². The Morgan fingerprint density at radius 1 is 1.38 bits per heavy atom. The zero-order valence-electron chi connectivity index (χ0n) is 12.0. The van der Waals surface area contributed by atoms with Crippen LogP contribution < -0.4 is 10.5 Å². The number of nitrogen functional groups attached to an aromatic ring is 1. The van der Waals surface area contributed by atoms with Crippen molar-refractivity contribution in [1.82, 2.24) is 20.2 Å². The molecule has 1 aromatic carbocycles. The lowest BCUT2D eigenvalue weighted by Gasteiger charge is -2.12. The van der Waals surface area contributed by atoms with Gasteiger partial charge in [-0.3, -0.25) is 0 Å². The number of rotatable bonds is 5. The molecule has 1 fully saturated rings. The minimum absolute atomic E-state index is 0.449. The molecule has 21 heavy (non-hydrogen) atoms. The smallest absolute Gasteiger partial charge is 0.209 e. The zero-order chi connectivity index (χ0) is 14.7. The number of aromatic nitrogens is 4. The van der Waals surface area contributed by atoms with Crippen LogP contribution in [0.5, 0.6) is 5.75 Å². The number of nitrogens with two attached hydrogens (primary N) is 1. The molecule has 1 aliphatic carbocycles. The van der Waals surface area contributed by atoms with Gasteiger partial charge in [-0.05, 0) is 41.5 Å². The summed E-state index contributed by atoms with van der Waals surface area (Å²) in [5.74, 6) is 1.58. The van der Waals surface area contributed by atoms with Crippen LogP contribution in [0.3, 0.4) is 0 Å². The second-order valence-electron chi connectivity index (χ2n) is 5.20. The van der Waals surface area contributed by atoms with Crippen LogP contribution in [0.4, 0.5) is 5.69 Å². The van der Waals surface area contributed by atoms with Crippen LogP contribution in [0.2, 0.25) is 0 Å². The van der Waals surface area contributed by atoms with E-state index in [1.54, 1.807) is 18.9 Å².